The Hall–Kier alpha value is -17.1. The van der Waals surface area contributed by atoms with Crippen LogP contribution in [0.15, 0.2) is 502 Å². The third kappa shape index (κ3) is 13.5. The first-order valence-corrected chi connectivity index (χ1v) is 44.6. The predicted octanol–water partition coefficient (Wildman–Crippen LogP) is 32.4. The summed E-state index contributed by atoms with van der Waals surface area (Å²) >= 11 is 0. The van der Waals surface area contributed by atoms with E-state index in [4.69, 9.17) is 4.42 Å². The third-order valence-corrected chi connectivity index (χ3v) is 26.3. The number of rotatable bonds is 16. The van der Waals surface area contributed by atoms with E-state index in [9.17, 15) is 9.60 Å². The largest absolute Gasteiger partial charge is 0.456 e. The van der Waals surface area contributed by atoms with E-state index in [-0.39, 0.29) is 57.6 Å². The number of hydrogen-bond acceptors (Lipinski definition) is 3. The van der Waals surface area contributed by atoms with Crippen molar-refractivity contribution in [3.63, 3.8) is 0 Å². The molecule has 4 nitrogen and oxygen atoms in total. The molecule has 0 atom stereocenters. The Morgan fingerprint density at radius 3 is 1.08 bits per heavy atom. The van der Waals surface area contributed by atoms with E-state index in [0.29, 0.717) is 11.3 Å². The fourth-order valence-corrected chi connectivity index (χ4v) is 20.2. The van der Waals surface area contributed by atoms with E-state index in [2.05, 4.69) is 416 Å². The molecule has 2 aromatic heterocycles. The zero-order valence-electron chi connectivity index (χ0n) is 78.1. The molecule has 0 spiro atoms. The Bertz CT molecular complexity index is 8610. The number of nitrogens with zero attached hydrogens (tertiary/aromatic N) is 3. The topological polar surface area (TPSA) is 24.6 Å². The lowest BCUT2D eigenvalue weighted by Gasteiger charge is -2.46. The Morgan fingerprint density at radius 2 is 0.573 bits per heavy atom. The lowest BCUT2D eigenvalue weighted by molar-refractivity contribution is 0.669. The van der Waals surface area contributed by atoms with Crippen molar-refractivity contribution in [1.82, 2.24) is 4.57 Å². The predicted molar refractivity (Wildman–Crippen MR) is 553 cm³/mol. The average Bonchev–Trinajstić information content (AvgIpc) is 1.01. The van der Waals surface area contributed by atoms with Gasteiger partial charge in [-0.25, -0.2) is 0 Å². The monoisotopic (exact) mass is 1670 g/mol. The summed E-state index contributed by atoms with van der Waals surface area (Å²) in [5.74, 6) is 0. The molecule has 0 unspecified atom stereocenters. The Morgan fingerprint density at radius 1 is 0.206 bits per heavy atom. The highest BCUT2D eigenvalue weighted by molar-refractivity contribution is 7.00. The number of furan rings is 1. The molecule has 0 fully saturated rings. The quantitative estimate of drug-likeness (QED) is 0.0901. The van der Waals surface area contributed by atoms with Crippen LogP contribution in [0, 0.1) is 0 Å². The summed E-state index contributed by atoms with van der Waals surface area (Å²) in [7, 11) is 0. The molecule has 131 heavy (non-hydrogen) atoms. The van der Waals surface area contributed by atoms with Crippen LogP contribution < -0.4 is 26.2 Å². The first-order chi connectivity index (χ1) is 67.9. The van der Waals surface area contributed by atoms with Gasteiger partial charge in [-0.2, -0.15) is 0 Å². The first kappa shape index (κ1) is 69.1. The summed E-state index contributed by atoms with van der Waals surface area (Å²) < 4.78 is 79.4. The van der Waals surface area contributed by atoms with E-state index in [1.54, 1.807) is 4.57 Å². The molecule has 0 N–H and O–H groups in total. The van der Waals surface area contributed by atoms with Crippen molar-refractivity contribution in [2.75, 3.05) is 9.80 Å². The fraction of sp³-hybridized carbons (Fsp3) is 0. The summed E-state index contributed by atoms with van der Waals surface area (Å²) in [5.41, 5.74) is 34.9. The maximum Gasteiger partial charge on any atom is 0.252 e. The minimum Gasteiger partial charge on any atom is -0.456 e. The van der Waals surface area contributed by atoms with Crippen molar-refractivity contribution >= 4 is 101 Å². The lowest BCUT2D eigenvalue weighted by atomic mass is 9.33. The molecule has 21 aromatic carbocycles. The zero-order valence-corrected chi connectivity index (χ0v) is 71.1. The average molecular weight is 1670 g/mol. The van der Waals surface area contributed by atoms with Crippen molar-refractivity contribution in [1.29, 1.82) is 0 Å². The number of aromatic nitrogens is 1. The van der Waals surface area contributed by atoms with Gasteiger partial charge in [0.25, 0.3) is 6.71 Å². The number of anilines is 6. The molecule has 0 amide bonds. The molecule has 4 heterocycles. The number of fused-ring (bicyclic) bond motifs is 10. The van der Waals surface area contributed by atoms with Gasteiger partial charge in [0.1, 0.15) is 11.2 Å². The molecule has 2 aliphatic heterocycles. The Kier molecular flexibility index (Phi) is 16.9. The molecule has 610 valence electrons. The van der Waals surface area contributed by atoms with E-state index in [1.807, 2.05) is 48.5 Å². The second-order valence-corrected chi connectivity index (χ2v) is 34.0. The van der Waals surface area contributed by atoms with Gasteiger partial charge in [-0.05, 0) is 260 Å². The SMILES string of the molecule is [2H]c1c([2H])c([2H])c2c(c1[2H])c1c([2H])c(-c3ccccc3)c([2H])c([2H])c1n2-c1ccc2c(c1)N(c1c(-c3ccccc3)cc(-c3ccccc3)cc1-c1ccccc1)c1cc(-c3ccc4oc5ccccc5c4c3)cc3c1B2c1cc(-c2cc(-c4ccccc4)cc(-c4ccccc4)c2)ccc1N3c1c(-c2cccc(-c3ccccc3)c2)cc(-c2ccccc2)cc1-c1cccc(-c2ccccc2)c1. The molecule has 2 aliphatic rings. The molecule has 0 saturated heterocycles. The molecule has 5 heteroatoms. The second-order valence-electron chi connectivity index (χ2n) is 34.0. The van der Waals surface area contributed by atoms with Gasteiger partial charge in [-0.1, -0.05) is 376 Å². The smallest absolute Gasteiger partial charge is 0.252 e. The van der Waals surface area contributed by atoms with Crippen LogP contribution in [0.25, 0.3) is 194 Å². The fourth-order valence-electron chi connectivity index (χ4n) is 20.2. The van der Waals surface area contributed by atoms with Crippen LogP contribution in [0.1, 0.15) is 9.60 Å². The van der Waals surface area contributed by atoms with Gasteiger partial charge in [0.15, 0.2) is 0 Å². The van der Waals surface area contributed by atoms with E-state index >= 15 is 0 Å². The van der Waals surface area contributed by atoms with Crippen LogP contribution in [-0.2, 0) is 0 Å². The molecular formula is C126H82BN3O. The summed E-state index contributed by atoms with van der Waals surface area (Å²) in [6.45, 7) is -0.653. The maximum atomic E-state index is 10.6. The van der Waals surface area contributed by atoms with Crippen LogP contribution in [0.2, 0.25) is 0 Å². The van der Waals surface area contributed by atoms with Gasteiger partial charge >= 0.3 is 0 Å². The van der Waals surface area contributed by atoms with Gasteiger partial charge in [-0.15, -0.1) is 0 Å². The Balaban J connectivity index is 0.883. The van der Waals surface area contributed by atoms with E-state index < -0.39 is 18.8 Å². The van der Waals surface area contributed by atoms with Gasteiger partial charge in [0.05, 0.1) is 32.0 Å². The van der Waals surface area contributed by atoms with Crippen molar-refractivity contribution < 1.29 is 14.0 Å². The summed E-state index contributed by atoms with van der Waals surface area (Å²) in [5, 5.41) is 2.14. The first-order valence-electron chi connectivity index (χ1n) is 48.1. The normalized spacial score (nSPS) is 12.8. The van der Waals surface area contributed by atoms with E-state index in [1.165, 1.54) is 0 Å². The van der Waals surface area contributed by atoms with Crippen molar-refractivity contribution in [3.05, 3.63) is 497 Å². The Labute approximate surface area is 772 Å². The van der Waals surface area contributed by atoms with Crippen LogP contribution in [0.3, 0.4) is 0 Å². The van der Waals surface area contributed by atoms with Crippen LogP contribution in [0.4, 0.5) is 34.1 Å². The van der Waals surface area contributed by atoms with Gasteiger partial charge in [0.2, 0.25) is 0 Å². The standard InChI is InChI=1S/C126H82BN3O/c1-10-34-83(35-11-1)92-52-32-54-97(68-92)110-77-103(89-46-22-7-23-47-89)78-111(98-55-33-53-93(69-98)84-36-12-2-13-37-84)126(110)129-118-66-61-96(101-71-99(86-40-16-4-17-41-86)70-100(72-101)87-42-18-5-19-43-87)79-115(118)127-114-64-63-105(128-116-58-30-28-56-106(116)112-73-94(60-65-117(112)128)85-38-14-3-15-39-85)82-119(114)130(121-81-104(80-120(129)124(121)127)95-62-67-123-113(74-95)107-57-29-31-59-122(107)131-123)125-108(90-48-24-8-25-49-90)75-102(88-44-20-6-21-45-88)76-109(125)91-50-26-9-27-51-91/h1-82H/i28D,30D,56D,58D,60D,65D,73D. The number of para-hydroxylation sites is 2. The van der Waals surface area contributed by atoms with Gasteiger partial charge in [-0.3, -0.25) is 0 Å². The zero-order chi connectivity index (χ0) is 92.5. The highest BCUT2D eigenvalue weighted by Gasteiger charge is 2.46. The second kappa shape index (κ2) is 32.1. The molecule has 25 rings (SSSR count). The van der Waals surface area contributed by atoms with E-state index in [0.717, 1.165) is 206 Å². The van der Waals surface area contributed by atoms with Crippen LogP contribution in [0.5, 0.6) is 0 Å². The minimum absolute atomic E-state index is 0.0728. The highest BCUT2D eigenvalue weighted by atomic mass is 16.3. The van der Waals surface area contributed by atoms with Crippen molar-refractivity contribution in [2.24, 2.45) is 0 Å². The molecule has 23 aromatic rings. The molecule has 0 aliphatic carbocycles. The van der Waals surface area contributed by atoms with Gasteiger partial charge < -0.3 is 18.8 Å². The highest BCUT2D eigenvalue weighted by Crippen LogP contribution is 2.57. The minimum atomic E-state index is -0.653. The molecule has 0 bridgehead atoms. The summed E-state index contributed by atoms with van der Waals surface area (Å²) in [6.07, 6.45) is 0. The summed E-state index contributed by atoms with van der Waals surface area (Å²) in [6, 6.07) is 160. The molecular weight excluding hydrogens is 1580 g/mol. The molecule has 0 radical (unpaired) electrons. The number of hydrogen-bond donors (Lipinski definition) is 0. The van der Waals surface area contributed by atoms with Crippen LogP contribution >= 0.6 is 0 Å². The van der Waals surface area contributed by atoms with Crippen molar-refractivity contribution in [3.8, 4) is 150 Å². The van der Waals surface area contributed by atoms with Crippen molar-refractivity contribution in [2.45, 2.75) is 0 Å². The summed E-state index contributed by atoms with van der Waals surface area (Å²) in [4.78, 5) is 5.10. The number of benzene rings is 21. The lowest BCUT2D eigenvalue weighted by Crippen LogP contribution is -2.61. The van der Waals surface area contributed by atoms with Gasteiger partial charge in [0, 0.05) is 72.2 Å². The third-order valence-electron chi connectivity index (χ3n) is 26.3. The van der Waals surface area contributed by atoms with Crippen LogP contribution in [-0.4, -0.2) is 11.3 Å². The molecule has 0 saturated carbocycles. The maximum absolute atomic E-state index is 10.6.